The van der Waals surface area contributed by atoms with Crippen LogP contribution in [0.4, 0.5) is 0 Å². The van der Waals surface area contributed by atoms with E-state index in [1.54, 1.807) is 0 Å². The molecule has 3 nitrogen and oxygen atoms in total. The van der Waals surface area contributed by atoms with E-state index in [2.05, 4.69) is 17.4 Å². The number of hydrogen-bond acceptors (Lipinski definition) is 2. The molecule has 0 amide bonds. The molecule has 2 aromatic rings. The highest BCUT2D eigenvalue weighted by Crippen LogP contribution is 2.41. The van der Waals surface area contributed by atoms with Crippen LogP contribution >= 0.6 is 0 Å². The zero-order valence-electron chi connectivity index (χ0n) is 11.1. The van der Waals surface area contributed by atoms with E-state index in [4.69, 9.17) is 0 Å². The van der Waals surface area contributed by atoms with Crippen LogP contribution in [0.2, 0.25) is 0 Å². The average Bonchev–Trinajstić information content (AvgIpc) is 3.26. The van der Waals surface area contributed by atoms with Gasteiger partial charge in [-0.2, -0.15) is 0 Å². The summed E-state index contributed by atoms with van der Waals surface area (Å²) in [6, 6.07) is 19.2. The van der Waals surface area contributed by atoms with Gasteiger partial charge in [-0.05, 0) is 17.5 Å². The molecule has 3 atom stereocenters. The first-order valence-electron chi connectivity index (χ1n) is 6.84. The van der Waals surface area contributed by atoms with Gasteiger partial charge in [0.05, 0.1) is 0 Å². The van der Waals surface area contributed by atoms with Gasteiger partial charge in [0.25, 0.3) is 0 Å². The minimum absolute atomic E-state index is 0.249. The zero-order valence-corrected chi connectivity index (χ0v) is 11.1. The number of carboxylic acid groups (broad SMARTS) is 1. The van der Waals surface area contributed by atoms with Gasteiger partial charge in [0.2, 0.25) is 0 Å². The summed E-state index contributed by atoms with van der Waals surface area (Å²) in [5, 5.41) is 12.7. The van der Waals surface area contributed by atoms with Crippen LogP contribution in [0.5, 0.6) is 0 Å². The zero-order chi connectivity index (χ0) is 13.9. The lowest BCUT2D eigenvalue weighted by molar-refractivity contribution is -0.139. The maximum Gasteiger partial charge on any atom is 0.325 e. The van der Waals surface area contributed by atoms with Crippen LogP contribution in [0, 0.1) is 0 Å². The first-order valence-corrected chi connectivity index (χ1v) is 6.84. The molecule has 2 N–H and O–H groups in total. The highest BCUT2D eigenvalue weighted by Gasteiger charge is 2.40. The molecule has 0 bridgehead atoms. The molecule has 0 heterocycles. The Kier molecular flexibility index (Phi) is 3.52. The van der Waals surface area contributed by atoms with Crippen molar-refractivity contribution < 1.29 is 9.90 Å². The molecule has 1 aliphatic carbocycles. The molecular weight excluding hydrogens is 250 g/mol. The van der Waals surface area contributed by atoms with Crippen molar-refractivity contribution in [2.75, 3.05) is 0 Å². The van der Waals surface area contributed by atoms with Gasteiger partial charge in [0.15, 0.2) is 0 Å². The third-order valence-electron chi connectivity index (χ3n) is 3.78. The normalized spacial score (nSPS) is 22.2. The molecule has 1 aliphatic rings. The molecule has 0 aromatic heterocycles. The number of carboxylic acids is 1. The van der Waals surface area contributed by atoms with Gasteiger partial charge in [-0.25, -0.2) is 0 Å². The molecule has 2 aromatic carbocycles. The Balaban J connectivity index is 1.69. The number of aliphatic carboxylic acids is 1. The largest absolute Gasteiger partial charge is 0.480 e. The Hall–Kier alpha value is -2.13. The van der Waals surface area contributed by atoms with Crippen molar-refractivity contribution in [3.63, 3.8) is 0 Å². The molecule has 3 heteroatoms. The van der Waals surface area contributed by atoms with E-state index in [1.165, 1.54) is 5.56 Å². The molecule has 0 radical (unpaired) electrons. The van der Waals surface area contributed by atoms with Crippen LogP contribution in [-0.4, -0.2) is 17.1 Å². The number of nitrogens with one attached hydrogen (secondary N) is 1. The van der Waals surface area contributed by atoms with Gasteiger partial charge < -0.3 is 5.11 Å². The molecule has 0 spiro atoms. The van der Waals surface area contributed by atoms with Gasteiger partial charge in [-0.15, -0.1) is 0 Å². The van der Waals surface area contributed by atoms with E-state index in [0.717, 1.165) is 12.0 Å². The fourth-order valence-electron chi connectivity index (χ4n) is 2.62. The molecule has 1 saturated carbocycles. The first-order chi connectivity index (χ1) is 9.75. The summed E-state index contributed by atoms with van der Waals surface area (Å²) < 4.78 is 0. The molecule has 0 aliphatic heterocycles. The molecule has 3 unspecified atom stereocenters. The summed E-state index contributed by atoms with van der Waals surface area (Å²) in [6.45, 7) is 0. The predicted molar refractivity (Wildman–Crippen MR) is 77.5 cm³/mol. The second-order valence-electron chi connectivity index (χ2n) is 5.21. The predicted octanol–water partition coefficient (Wildman–Crippen LogP) is 2.96. The fourth-order valence-corrected chi connectivity index (χ4v) is 2.62. The van der Waals surface area contributed by atoms with E-state index in [-0.39, 0.29) is 6.04 Å². The van der Waals surface area contributed by atoms with Crippen molar-refractivity contribution in [1.29, 1.82) is 0 Å². The van der Waals surface area contributed by atoms with E-state index < -0.39 is 12.0 Å². The SMILES string of the molecule is O=C(O)C(NC1CC1c1ccccc1)c1ccccc1. The second-order valence-corrected chi connectivity index (χ2v) is 5.21. The first kappa shape index (κ1) is 12.9. The quantitative estimate of drug-likeness (QED) is 0.875. The molecule has 20 heavy (non-hydrogen) atoms. The van der Waals surface area contributed by atoms with Gasteiger partial charge in [-0.3, -0.25) is 10.1 Å². The third-order valence-corrected chi connectivity index (χ3v) is 3.78. The van der Waals surface area contributed by atoms with E-state index >= 15 is 0 Å². The highest BCUT2D eigenvalue weighted by molar-refractivity contribution is 5.75. The van der Waals surface area contributed by atoms with Crippen molar-refractivity contribution in [3.05, 3.63) is 71.8 Å². The Bertz CT molecular complexity index is 582. The van der Waals surface area contributed by atoms with Gasteiger partial charge >= 0.3 is 5.97 Å². The van der Waals surface area contributed by atoms with Gasteiger partial charge in [0.1, 0.15) is 6.04 Å². The van der Waals surface area contributed by atoms with Crippen molar-refractivity contribution in [3.8, 4) is 0 Å². The summed E-state index contributed by atoms with van der Waals surface area (Å²) in [5.74, 6) is -0.392. The van der Waals surface area contributed by atoms with Crippen LogP contribution in [0.15, 0.2) is 60.7 Å². The van der Waals surface area contributed by atoms with Gasteiger partial charge in [-0.1, -0.05) is 60.7 Å². The van der Waals surface area contributed by atoms with Crippen LogP contribution in [0.25, 0.3) is 0 Å². The lowest BCUT2D eigenvalue weighted by atomic mass is 10.1. The smallest absolute Gasteiger partial charge is 0.325 e. The standard InChI is InChI=1S/C17H17NO2/c19-17(20)16(13-9-5-2-6-10-13)18-15-11-14(15)12-7-3-1-4-8-12/h1-10,14-16,18H,11H2,(H,19,20). The van der Waals surface area contributed by atoms with E-state index in [0.29, 0.717) is 5.92 Å². The van der Waals surface area contributed by atoms with Crippen LogP contribution < -0.4 is 5.32 Å². The monoisotopic (exact) mass is 267 g/mol. The summed E-state index contributed by atoms with van der Waals surface area (Å²) in [6.07, 6.45) is 1.00. The van der Waals surface area contributed by atoms with Crippen LogP contribution in [-0.2, 0) is 4.79 Å². The third kappa shape index (κ3) is 2.73. The van der Waals surface area contributed by atoms with Gasteiger partial charge in [0, 0.05) is 12.0 Å². The van der Waals surface area contributed by atoms with Crippen molar-refractivity contribution in [1.82, 2.24) is 5.32 Å². The summed E-state index contributed by atoms with van der Waals surface area (Å²) in [7, 11) is 0. The summed E-state index contributed by atoms with van der Waals surface area (Å²) in [4.78, 5) is 11.4. The van der Waals surface area contributed by atoms with E-state index in [9.17, 15) is 9.90 Å². The lowest BCUT2D eigenvalue weighted by Crippen LogP contribution is -2.30. The molecule has 1 fully saturated rings. The summed E-state index contributed by atoms with van der Waals surface area (Å²) in [5.41, 5.74) is 2.08. The molecule has 0 saturated heterocycles. The Morgan fingerprint density at radius 1 is 1.05 bits per heavy atom. The van der Waals surface area contributed by atoms with Crippen molar-refractivity contribution in [2.45, 2.75) is 24.4 Å². The Morgan fingerprint density at radius 3 is 2.25 bits per heavy atom. The average molecular weight is 267 g/mol. The number of rotatable bonds is 5. The molecule has 3 rings (SSSR count). The molecule has 102 valence electrons. The topological polar surface area (TPSA) is 49.3 Å². The van der Waals surface area contributed by atoms with E-state index in [1.807, 2.05) is 48.5 Å². The minimum Gasteiger partial charge on any atom is -0.480 e. The number of hydrogen-bond donors (Lipinski definition) is 2. The minimum atomic E-state index is -0.824. The van der Waals surface area contributed by atoms with Crippen LogP contribution in [0.1, 0.15) is 29.5 Å². The second kappa shape index (κ2) is 5.47. The highest BCUT2D eigenvalue weighted by atomic mass is 16.4. The number of benzene rings is 2. The lowest BCUT2D eigenvalue weighted by Gasteiger charge is -2.14. The Morgan fingerprint density at radius 2 is 1.65 bits per heavy atom. The Labute approximate surface area is 118 Å². The maximum atomic E-state index is 11.4. The maximum absolute atomic E-state index is 11.4. The molecular formula is C17H17NO2. The van der Waals surface area contributed by atoms with Crippen molar-refractivity contribution in [2.24, 2.45) is 0 Å². The van der Waals surface area contributed by atoms with Crippen LogP contribution in [0.3, 0.4) is 0 Å². The van der Waals surface area contributed by atoms with Crippen molar-refractivity contribution >= 4 is 5.97 Å². The fraction of sp³-hybridized carbons (Fsp3) is 0.235. The number of carbonyl (C=O) groups is 1. The summed E-state index contributed by atoms with van der Waals surface area (Å²) >= 11 is 0.